The number of amides is 2. The van der Waals surface area contributed by atoms with Gasteiger partial charge in [0, 0.05) is 16.1 Å². The highest BCUT2D eigenvalue weighted by molar-refractivity contribution is 8.26. The molecule has 25 heavy (non-hydrogen) atoms. The Morgan fingerprint density at radius 1 is 1.20 bits per heavy atom. The molecule has 0 atom stereocenters. The van der Waals surface area contributed by atoms with E-state index >= 15 is 0 Å². The number of hydrogen-bond donors (Lipinski definition) is 2. The van der Waals surface area contributed by atoms with Crippen molar-refractivity contribution in [2.24, 2.45) is 0 Å². The largest absolute Gasteiger partial charge is 0.507 e. The number of thiocarbonyl (C=S) groups is 1. The molecule has 0 radical (unpaired) electrons. The average Bonchev–Trinajstić information content (AvgIpc) is 2.85. The summed E-state index contributed by atoms with van der Waals surface area (Å²) < 4.78 is 0.203. The van der Waals surface area contributed by atoms with Gasteiger partial charge in [-0.15, -0.1) is 0 Å². The number of aromatic hydroxyl groups is 1. The van der Waals surface area contributed by atoms with Crippen LogP contribution in [0.15, 0.2) is 53.4 Å². The Bertz CT molecular complexity index is 897. The maximum absolute atomic E-state index is 12.5. The first-order valence-corrected chi connectivity index (χ1v) is 8.68. The predicted octanol–water partition coefficient (Wildman–Crippen LogP) is 3.59. The summed E-state index contributed by atoms with van der Waals surface area (Å²) in [6.45, 7) is 0. The van der Waals surface area contributed by atoms with Gasteiger partial charge in [0.1, 0.15) is 5.75 Å². The molecule has 2 aromatic carbocycles. The van der Waals surface area contributed by atoms with Crippen molar-refractivity contribution < 1.29 is 14.7 Å². The standard InChI is InChI=1S/C17H11ClN2O3S2/c18-12-7-5-10(6-8-12)15(22)19-20-16(23)14(25-17(20)24)9-11-3-1-2-4-13(11)21/h1-9,21H,(H,19,22)/b14-9-. The van der Waals surface area contributed by atoms with Crippen molar-refractivity contribution in [2.75, 3.05) is 0 Å². The molecule has 1 heterocycles. The monoisotopic (exact) mass is 390 g/mol. The Hall–Kier alpha value is -2.35. The van der Waals surface area contributed by atoms with E-state index in [9.17, 15) is 14.7 Å². The topological polar surface area (TPSA) is 69.6 Å². The maximum Gasteiger partial charge on any atom is 0.285 e. The van der Waals surface area contributed by atoms with Gasteiger partial charge in [-0.3, -0.25) is 15.0 Å². The summed E-state index contributed by atoms with van der Waals surface area (Å²) in [5, 5.41) is 11.3. The van der Waals surface area contributed by atoms with Crippen LogP contribution < -0.4 is 5.43 Å². The number of carbonyl (C=O) groups excluding carboxylic acids is 2. The molecule has 1 aliphatic rings. The van der Waals surface area contributed by atoms with Crippen LogP contribution in [0.5, 0.6) is 5.75 Å². The maximum atomic E-state index is 12.5. The molecule has 1 saturated heterocycles. The minimum Gasteiger partial charge on any atom is -0.507 e. The number of nitrogens with zero attached hydrogens (tertiary/aromatic N) is 1. The van der Waals surface area contributed by atoms with Crippen molar-refractivity contribution in [1.82, 2.24) is 10.4 Å². The Morgan fingerprint density at radius 3 is 2.56 bits per heavy atom. The average molecular weight is 391 g/mol. The first kappa shape index (κ1) is 17.5. The molecule has 2 N–H and O–H groups in total. The molecule has 0 aromatic heterocycles. The Kier molecular flexibility index (Phi) is 5.08. The van der Waals surface area contributed by atoms with Crippen LogP contribution in [-0.2, 0) is 4.79 Å². The van der Waals surface area contributed by atoms with Crippen LogP contribution >= 0.6 is 35.6 Å². The zero-order chi connectivity index (χ0) is 18.0. The third-order valence-corrected chi connectivity index (χ3v) is 4.89. The summed E-state index contributed by atoms with van der Waals surface area (Å²) in [4.78, 5) is 25.0. The molecule has 2 aromatic rings. The number of halogens is 1. The van der Waals surface area contributed by atoms with E-state index in [-0.39, 0.29) is 10.1 Å². The second-order valence-corrected chi connectivity index (χ2v) is 7.14. The molecule has 3 rings (SSSR count). The van der Waals surface area contributed by atoms with Crippen LogP contribution in [0.25, 0.3) is 6.08 Å². The molecule has 0 aliphatic carbocycles. The lowest BCUT2D eigenvalue weighted by Gasteiger charge is -2.15. The number of para-hydroxylation sites is 1. The number of phenols is 1. The molecular formula is C17H11ClN2O3S2. The molecular weight excluding hydrogens is 380 g/mol. The van der Waals surface area contributed by atoms with E-state index in [1.807, 2.05) is 0 Å². The van der Waals surface area contributed by atoms with Crippen molar-refractivity contribution >= 4 is 57.8 Å². The molecule has 126 valence electrons. The fraction of sp³-hybridized carbons (Fsp3) is 0. The van der Waals surface area contributed by atoms with Gasteiger partial charge in [0.25, 0.3) is 11.8 Å². The van der Waals surface area contributed by atoms with E-state index in [1.165, 1.54) is 12.1 Å². The zero-order valence-electron chi connectivity index (χ0n) is 12.6. The summed E-state index contributed by atoms with van der Waals surface area (Å²) in [6.07, 6.45) is 1.53. The smallest absolute Gasteiger partial charge is 0.285 e. The number of phenolic OH excluding ortho intramolecular Hbond substituents is 1. The van der Waals surface area contributed by atoms with E-state index in [0.717, 1.165) is 16.8 Å². The van der Waals surface area contributed by atoms with Gasteiger partial charge in [0.15, 0.2) is 4.32 Å². The molecule has 1 aliphatic heterocycles. The van der Waals surface area contributed by atoms with Crippen molar-refractivity contribution in [2.45, 2.75) is 0 Å². The quantitative estimate of drug-likeness (QED) is 0.619. The molecule has 5 nitrogen and oxygen atoms in total. The molecule has 0 saturated carbocycles. The van der Waals surface area contributed by atoms with Gasteiger partial charge < -0.3 is 5.11 Å². The summed E-state index contributed by atoms with van der Waals surface area (Å²) in [5.41, 5.74) is 3.32. The molecule has 2 amide bonds. The van der Waals surface area contributed by atoms with Crippen LogP contribution in [0.2, 0.25) is 5.02 Å². The third kappa shape index (κ3) is 3.84. The highest BCUT2D eigenvalue weighted by Crippen LogP contribution is 2.33. The van der Waals surface area contributed by atoms with Gasteiger partial charge in [-0.05, 0) is 48.6 Å². The van der Waals surface area contributed by atoms with Crippen LogP contribution in [0.4, 0.5) is 0 Å². The third-order valence-electron chi connectivity index (χ3n) is 3.34. The molecule has 0 spiro atoms. The van der Waals surface area contributed by atoms with E-state index in [0.29, 0.717) is 21.1 Å². The fourth-order valence-electron chi connectivity index (χ4n) is 2.08. The number of nitrogens with one attached hydrogen (secondary N) is 1. The first-order chi connectivity index (χ1) is 12.0. The lowest BCUT2D eigenvalue weighted by Crippen LogP contribution is -2.44. The van der Waals surface area contributed by atoms with Crippen LogP contribution in [0.1, 0.15) is 15.9 Å². The second kappa shape index (κ2) is 7.26. The Morgan fingerprint density at radius 2 is 1.88 bits per heavy atom. The molecule has 0 unspecified atom stereocenters. The lowest BCUT2D eigenvalue weighted by atomic mass is 10.2. The van der Waals surface area contributed by atoms with Crippen molar-refractivity contribution in [3.8, 4) is 5.75 Å². The van der Waals surface area contributed by atoms with Crippen LogP contribution in [0.3, 0.4) is 0 Å². The highest BCUT2D eigenvalue weighted by atomic mass is 35.5. The Labute approximate surface area is 158 Å². The summed E-state index contributed by atoms with van der Waals surface area (Å²) >= 11 is 12.0. The van der Waals surface area contributed by atoms with Crippen molar-refractivity contribution in [3.05, 3.63) is 69.6 Å². The van der Waals surface area contributed by atoms with Gasteiger partial charge in [-0.25, -0.2) is 0 Å². The van der Waals surface area contributed by atoms with Gasteiger partial charge in [-0.1, -0.05) is 41.6 Å². The number of hydrogen-bond acceptors (Lipinski definition) is 5. The van der Waals surface area contributed by atoms with Gasteiger partial charge in [-0.2, -0.15) is 5.01 Å². The second-order valence-electron chi connectivity index (χ2n) is 5.02. The molecule has 0 bridgehead atoms. The van der Waals surface area contributed by atoms with E-state index in [2.05, 4.69) is 5.43 Å². The highest BCUT2D eigenvalue weighted by Gasteiger charge is 2.33. The van der Waals surface area contributed by atoms with Gasteiger partial charge >= 0.3 is 0 Å². The minimum absolute atomic E-state index is 0.0537. The van der Waals surface area contributed by atoms with Crippen molar-refractivity contribution in [1.29, 1.82) is 0 Å². The minimum atomic E-state index is -0.475. The molecule has 1 fully saturated rings. The number of rotatable bonds is 3. The Balaban J connectivity index is 1.79. The van der Waals surface area contributed by atoms with E-state index < -0.39 is 11.8 Å². The van der Waals surface area contributed by atoms with Crippen LogP contribution in [0, 0.1) is 0 Å². The zero-order valence-corrected chi connectivity index (χ0v) is 15.0. The number of thioether (sulfide) groups is 1. The number of hydrazine groups is 1. The number of benzene rings is 2. The normalized spacial score (nSPS) is 15.7. The van der Waals surface area contributed by atoms with E-state index in [1.54, 1.807) is 42.5 Å². The van der Waals surface area contributed by atoms with Gasteiger partial charge in [0.05, 0.1) is 4.91 Å². The first-order valence-electron chi connectivity index (χ1n) is 7.08. The summed E-state index contributed by atoms with van der Waals surface area (Å²) in [5.74, 6) is -0.879. The van der Waals surface area contributed by atoms with Crippen LogP contribution in [-0.4, -0.2) is 26.3 Å². The summed E-state index contributed by atoms with van der Waals surface area (Å²) in [7, 11) is 0. The number of carbonyl (C=O) groups is 2. The fourth-order valence-corrected chi connectivity index (χ4v) is 3.38. The predicted molar refractivity (Wildman–Crippen MR) is 102 cm³/mol. The van der Waals surface area contributed by atoms with Gasteiger partial charge in [0.2, 0.25) is 0 Å². The SMILES string of the molecule is O=C(NN1C(=O)/C(=C/c2ccccc2O)SC1=S)c1ccc(Cl)cc1. The summed E-state index contributed by atoms with van der Waals surface area (Å²) in [6, 6.07) is 12.9. The molecule has 8 heteroatoms. The van der Waals surface area contributed by atoms with Crippen molar-refractivity contribution in [3.63, 3.8) is 0 Å². The van der Waals surface area contributed by atoms with E-state index in [4.69, 9.17) is 23.8 Å². The lowest BCUT2D eigenvalue weighted by molar-refractivity contribution is -0.123.